The van der Waals surface area contributed by atoms with Crippen LogP contribution in [0.15, 0.2) is 0 Å². The van der Waals surface area contributed by atoms with Gasteiger partial charge in [-0.15, -0.1) is 0 Å². The van der Waals surface area contributed by atoms with Gasteiger partial charge in [0.25, 0.3) is 0 Å². The molecule has 2 unspecified atom stereocenters. The van der Waals surface area contributed by atoms with Crippen LogP contribution in [0.25, 0.3) is 0 Å². The van der Waals surface area contributed by atoms with Gasteiger partial charge in [0.05, 0.1) is 0 Å². The zero-order valence-corrected chi connectivity index (χ0v) is 12.1. The average molecular weight is 289 g/mol. The standard InChI is InChI=1S/C13H25BrN2/c1-15-8-4-5-12-11-16(9-3-2-7-14)10-6-13(12)15/h12-13H,2-11H2,1H3. The molecule has 3 heteroatoms. The van der Waals surface area contributed by atoms with Gasteiger partial charge in [-0.2, -0.15) is 0 Å². The molecule has 0 bridgehead atoms. The molecule has 2 saturated heterocycles. The lowest BCUT2D eigenvalue weighted by Gasteiger charge is -2.46. The van der Waals surface area contributed by atoms with Gasteiger partial charge in [0.15, 0.2) is 0 Å². The van der Waals surface area contributed by atoms with Crippen LogP contribution >= 0.6 is 15.9 Å². The number of hydrogen-bond acceptors (Lipinski definition) is 2. The topological polar surface area (TPSA) is 6.48 Å². The second-order valence-corrected chi connectivity index (χ2v) is 6.23. The molecule has 2 atom stereocenters. The lowest BCUT2D eigenvalue weighted by molar-refractivity contribution is 0.0382. The lowest BCUT2D eigenvalue weighted by Crippen LogP contribution is -2.52. The van der Waals surface area contributed by atoms with Crippen LogP contribution < -0.4 is 0 Å². The Labute approximate surface area is 108 Å². The fraction of sp³-hybridized carbons (Fsp3) is 1.00. The summed E-state index contributed by atoms with van der Waals surface area (Å²) in [5.74, 6) is 0.955. The molecule has 0 saturated carbocycles. The van der Waals surface area contributed by atoms with Gasteiger partial charge < -0.3 is 9.80 Å². The molecule has 2 aliphatic heterocycles. The van der Waals surface area contributed by atoms with Crippen molar-refractivity contribution >= 4 is 15.9 Å². The SMILES string of the molecule is CN1CCCC2CN(CCCCBr)CCC21. The van der Waals surface area contributed by atoms with E-state index in [2.05, 4.69) is 32.8 Å². The van der Waals surface area contributed by atoms with Gasteiger partial charge >= 0.3 is 0 Å². The summed E-state index contributed by atoms with van der Waals surface area (Å²) in [5.41, 5.74) is 0. The molecule has 2 rings (SSSR count). The van der Waals surface area contributed by atoms with Crippen LogP contribution in [0, 0.1) is 5.92 Å². The predicted octanol–water partition coefficient (Wildman–Crippen LogP) is 2.58. The first-order valence-corrected chi connectivity index (χ1v) is 7.92. The van der Waals surface area contributed by atoms with E-state index in [0.717, 1.165) is 17.3 Å². The summed E-state index contributed by atoms with van der Waals surface area (Å²) in [5, 5.41) is 1.16. The number of fused-ring (bicyclic) bond motifs is 1. The van der Waals surface area contributed by atoms with Crippen molar-refractivity contribution in [3.8, 4) is 0 Å². The van der Waals surface area contributed by atoms with E-state index in [1.165, 1.54) is 58.3 Å². The molecule has 0 N–H and O–H groups in total. The Kier molecular flexibility index (Phi) is 5.11. The van der Waals surface area contributed by atoms with Gasteiger partial charge in [-0.05, 0) is 64.7 Å². The van der Waals surface area contributed by atoms with Crippen molar-refractivity contribution in [1.29, 1.82) is 0 Å². The second kappa shape index (κ2) is 6.36. The van der Waals surface area contributed by atoms with Gasteiger partial charge in [-0.25, -0.2) is 0 Å². The van der Waals surface area contributed by atoms with Crippen LogP contribution in [0.1, 0.15) is 32.1 Å². The molecule has 2 fully saturated rings. The van der Waals surface area contributed by atoms with Crippen LogP contribution in [0.5, 0.6) is 0 Å². The van der Waals surface area contributed by atoms with E-state index in [4.69, 9.17) is 0 Å². The van der Waals surface area contributed by atoms with Gasteiger partial charge in [0, 0.05) is 17.9 Å². The highest BCUT2D eigenvalue weighted by Crippen LogP contribution is 2.29. The van der Waals surface area contributed by atoms with Crippen molar-refractivity contribution in [3.05, 3.63) is 0 Å². The quantitative estimate of drug-likeness (QED) is 0.580. The maximum Gasteiger partial charge on any atom is 0.0145 e. The monoisotopic (exact) mass is 288 g/mol. The minimum absolute atomic E-state index is 0.890. The Hall–Kier alpha value is 0.400. The number of rotatable bonds is 4. The summed E-state index contributed by atoms with van der Waals surface area (Å²) in [6, 6.07) is 0.890. The Morgan fingerprint density at radius 2 is 2.06 bits per heavy atom. The number of piperidine rings is 2. The van der Waals surface area contributed by atoms with E-state index in [9.17, 15) is 0 Å². The molecular weight excluding hydrogens is 264 g/mol. The van der Waals surface area contributed by atoms with Crippen molar-refractivity contribution in [2.45, 2.75) is 38.1 Å². The maximum atomic E-state index is 3.51. The number of hydrogen-bond donors (Lipinski definition) is 0. The fourth-order valence-corrected chi connectivity index (χ4v) is 3.76. The summed E-state index contributed by atoms with van der Waals surface area (Å²) >= 11 is 3.51. The van der Waals surface area contributed by atoms with Crippen LogP contribution in [0.3, 0.4) is 0 Å². The molecule has 2 heterocycles. The molecule has 0 aromatic rings. The summed E-state index contributed by atoms with van der Waals surface area (Å²) in [4.78, 5) is 5.30. The molecule has 2 aliphatic rings. The molecule has 16 heavy (non-hydrogen) atoms. The summed E-state index contributed by atoms with van der Waals surface area (Å²) < 4.78 is 0. The second-order valence-electron chi connectivity index (χ2n) is 5.44. The molecule has 2 nitrogen and oxygen atoms in total. The number of unbranched alkanes of at least 4 members (excludes halogenated alkanes) is 1. The minimum atomic E-state index is 0.890. The third-order valence-corrected chi connectivity index (χ3v) is 4.85. The third kappa shape index (κ3) is 3.21. The Bertz CT molecular complexity index is 210. The van der Waals surface area contributed by atoms with E-state index in [1.807, 2.05) is 0 Å². The first-order valence-electron chi connectivity index (χ1n) is 6.80. The normalized spacial score (nSPS) is 32.6. The highest BCUT2D eigenvalue weighted by Gasteiger charge is 2.33. The Morgan fingerprint density at radius 1 is 1.19 bits per heavy atom. The van der Waals surface area contributed by atoms with Gasteiger partial charge in [0.2, 0.25) is 0 Å². The molecule has 0 aromatic heterocycles. The highest BCUT2D eigenvalue weighted by atomic mass is 79.9. The first-order chi connectivity index (χ1) is 7.81. The highest BCUT2D eigenvalue weighted by molar-refractivity contribution is 9.09. The zero-order chi connectivity index (χ0) is 11.4. The van der Waals surface area contributed by atoms with E-state index in [-0.39, 0.29) is 0 Å². The van der Waals surface area contributed by atoms with Gasteiger partial charge in [-0.1, -0.05) is 15.9 Å². The first kappa shape index (κ1) is 12.8. The van der Waals surface area contributed by atoms with E-state index in [1.54, 1.807) is 0 Å². The lowest BCUT2D eigenvalue weighted by atomic mass is 9.84. The van der Waals surface area contributed by atoms with Crippen molar-refractivity contribution in [2.24, 2.45) is 5.92 Å². The van der Waals surface area contributed by atoms with Crippen molar-refractivity contribution in [1.82, 2.24) is 9.80 Å². The zero-order valence-electron chi connectivity index (χ0n) is 10.5. The number of alkyl halides is 1. The fourth-order valence-electron chi connectivity index (χ4n) is 3.36. The molecule has 0 spiro atoms. The average Bonchev–Trinajstić information content (AvgIpc) is 2.30. The van der Waals surface area contributed by atoms with Crippen molar-refractivity contribution < 1.29 is 0 Å². The third-order valence-electron chi connectivity index (χ3n) is 4.29. The van der Waals surface area contributed by atoms with Gasteiger partial charge in [0.1, 0.15) is 0 Å². The van der Waals surface area contributed by atoms with Crippen LogP contribution in [-0.2, 0) is 0 Å². The van der Waals surface area contributed by atoms with Gasteiger partial charge in [-0.3, -0.25) is 0 Å². The summed E-state index contributed by atoms with van der Waals surface area (Å²) in [6.07, 6.45) is 6.95. The van der Waals surface area contributed by atoms with Crippen LogP contribution in [-0.4, -0.2) is 54.4 Å². The largest absolute Gasteiger partial charge is 0.303 e. The Balaban J connectivity index is 1.76. The van der Waals surface area contributed by atoms with E-state index in [0.29, 0.717) is 0 Å². The predicted molar refractivity (Wildman–Crippen MR) is 73.2 cm³/mol. The molecule has 0 aromatic carbocycles. The van der Waals surface area contributed by atoms with Crippen molar-refractivity contribution in [2.75, 3.05) is 38.6 Å². The van der Waals surface area contributed by atoms with E-state index >= 15 is 0 Å². The number of likely N-dealkylation sites (tertiary alicyclic amines) is 2. The number of halogens is 1. The molecule has 0 radical (unpaired) electrons. The molecule has 0 amide bonds. The molecular formula is C13H25BrN2. The molecule has 0 aliphatic carbocycles. The summed E-state index contributed by atoms with van der Waals surface area (Å²) in [6.45, 7) is 5.33. The van der Waals surface area contributed by atoms with Crippen molar-refractivity contribution in [3.63, 3.8) is 0 Å². The number of nitrogens with zero attached hydrogens (tertiary/aromatic N) is 2. The maximum absolute atomic E-state index is 3.51. The smallest absolute Gasteiger partial charge is 0.0145 e. The van der Waals surface area contributed by atoms with E-state index < -0.39 is 0 Å². The van der Waals surface area contributed by atoms with Crippen LogP contribution in [0.2, 0.25) is 0 Å². The minimum Gasteiger partial charge on any atom is -0.303 e. The Morgan fingerprint density at radius 3 is 2.88 bits per heavy atom. The molecule has 94 valence electrons. The van der Waals surface area contributed by atoms with Crippen LogP contribution in [0.4, 0.5) is 0 Å². The summed E-state index contributed by atoms with van der Waals surface area (Å²) in [7, 11) is 2.32.